The number of hydrogen-bond donors (Lipinski definition) is 1. The van der Waals surface area contributed by atoms with E-state index in [0.29, 0.717) is 18.7 Å². The van der Waals surface area contributed by atoms with Gasteiger partial charge < -0.3 is 14.8 Å². The average Bonchev–Trinajstić information content (AvgIpc) is 3.38. The predicted molar refractivity (Wildman–Crippen MR) is 154 cm³/mol. The Labute approximate surface area is 231 Å². The maximum atomic E-state index is 13.3. The first-order chi connectivity index (χ1) is 17.3. The lowest BCUT2D eigenvalue weighted by molar-refractivity contribution is 0.0508. The fourth-order valence-electron chi connectivity index (χ4n) is 3.61. The molecular weight excluding hydrogens is 529 g/mol. The lowest BCUT2D eigenvalue weighted by Gasteiger charge is -2.27. The van der Waals surface area contributed by atoms with Crippen molar-refractivity contribution in [3.63, 3.8) is 0 Å². The number of hydrogen-bond acceptors (Lipinski definition) is 9. The van der Waals surface area contributed by atoms with Crippen LogP contribution in [0.15, 0.2) is 23.7 Å². The highest BCUT2D eigenvalue weighted by molar-refractivity contribution is 7.98. The van der Waals surface area contributed by atoms with Gasteiger partial charge in [0.2, 0.25) is 0 Å². The number of carbonyl (C=O) groups is 2. The second kappa shape index (κ2) is 12.0. The van der Waals surface area contributed by atoms with Crippen molar-refractivity contribution in [3.05, 3.63) is 39.0 Å². The van der Waals surface area contributed by atoms with Crippen LogP contribution in [0.1, 0.15) is 56.9 Å². The van der Waals surface area contributed by atoms with Crippen LogP contribution < -0.4 is 10.2 Å². The van der Waals surface area contributed by atoms with Crippen molar-refractivity contribution >= 4 is 62.5 Å². The topological polar surface area (TPSA) is 93.7 Å². The molecule has 2 amide bonds. The number of aryl methyl sites for hydroxylation is 1. The molecule has 0 saturated heterocycles. The molecule has 0 saturated carbocycles. The molecule has 0 aliphatic rings. The molecule has 0 radical (unpaired) electrons. The highest BCUT2D eigenvalue weighted by atomic mass is 32.2. The van der Waals surface area contributed by atoms with Gasteiger partial charge >= 0.3 is 12.2 Å². The predicted octanol–water partition coefficient (Wildman–Crippen LogP) is 6.80. The van der Waals surface area contributed by atoms with Crippen LogP contribution in [0.3, 0.4) is 0 Å². The van der Waals surface area contributed by atoms with Crippen LogP contribution in [0, 0.1) is 6.92 Å². The highest BCUT2D eigenvalue weighted by Crippen LogP contribution is 2.37. The molecule has 0 fully saturated rings. The summed E-state index contributed by atoms with van der Waals surface area (Å²) in [4.78, 5) is 29.5. The number of alkyl carbamates (subject to hydrolysis) is 1. The van der Waals surface area contributed by atoms with Crippen molar-refractivity contribution in [2.45, 2.75) is 78.7 Å². The van der Waals surface area contributed by atoms with Gasteiger partial charge in [-0.3, -0.25) is 4.90 Å². The Hall–Kier alpha value is -2.37. The Morgan fingerprint density at radius 1 is 1.16 bits per heavy atom. The maximum absolute atomic E-state index is 13.3. The molecule has 8 nitrogen and oxygen atoms in total. The Morgan fingerprint density at radius 3 is 2.46 bits per heavy atom. The number of nitrogens with zero attached hydrogens (tertiary/aromatic N) is 3. The molecule has 1 unspecified atom stereocenters. The summed E-state index contributed by atoms with van der Waals surface area (Å²) in [6.07, 6.45) is 3.38. The summed E-state index contributed by atoms with van der Waals surface area (Å²) in [5.74, 6) is 0.730. The fraction of sp³-hybridized carbons (Fsp3) is 0.538. The number of aromatic nitrogens is 2. The van der Waals surface area contributed by atoms with Crippen LogP contribution in [0.4, 0.5) is 15.3 Å². The highest BCUT2D eigenvalue weighted by Gasteiger charge is 2.28. The Morgan fingerprint density at radius 2 is 1.86 bits per heavy atom. The third-order valence-electron chi connectivity index (χ3n) is 5.10. The lowest BCUT2D eigenvalue weighted by Crippen LogP contribution is -2.41. The quantitative estimate of drug-likeness (QED) is 0.321. The van der Waals surface area contributed by atoms with Gasteiger partial charge in [0.15, 0.2) is 0 Å². The summed E-state index contributed by atoms with van der Waals surface area (Å²) in [7, 11) is 0. The number of carbonyl (C=O) groups excluding carboxylic acids is 2. The number of ether oxygens (including phenoxy) is 2. The molecule has 0 aliphatic carbocycles. The van der Waals surface area contributed by atoms with E-state index in [2.05, 4.69) is 15.5 Å². The number of fused-ring (bicyclic) bond motifs is 1. The zero-order valence-corrected chi connectivity index (χ0v) is 25.2. The van der Waals surface area contributed by atoms with E-state index in [1.165, 1.54) is 0 Å². The van der Waals surface area contributed by atoms with Gasteiger partial charge in [-0.25, -0.2) is 9.59 Å². The van der Waals surface area contributed by atoms with Gasteiger partial charge in [-0.05, 0) is 71.7 Å². The van der Waals surface area contributed by atoms with Gasteiger partial charge in [-0.15, -0.1) is 27.8 Å². The third-order valence-corrected chi connectivity index (χ3v) is 8.03. The molecule has 0 aliphatic heterocycles. The summed E-state index contributed by atoms with van der Waals surface area (Å²) in [6, 6.07) is 3.83. The Kier molecular flexibility index (Phi) is 9.47. The standard InChI is InChI=1S/C26H36N4O4S3/c1-16-20(12-17(15-35-8)28-23(31)33-25(2,3)4)37-22-19(13-27-29-21(16)22)30(14-18-10-9-11-36-18)24(32)34-26(5,6)7/h9-11,13,17H,12,14-15H2,1-8H3,(H,28,31). The minimum Gasteiger partial charge on any atom is -0.444 e. The van der Waals surface area contributed by atoms with E-state index in [1.807, 2.05) is 72.2 Å². The summed E-state index contributed by atoms with van der Waals surface area (Å²) in [5, 5.41) is 13.6. The molecule has 0 spiro atoms. The summed E-state index contributed by atoms with van der Waals surface area (Å²) < 4.78 is 12.1. The largest absolute Gasteiger partial charge is 0.444 e. The van der Waals surface area contributed by atoms with E-state index in [9.17, 15) is 9.59 Å². The first-order valence-electron chi connectivity index (χ1n) is 12.0. The number of anilines is 1. The summed E-state index contributed by atoms with van der Waals surface area (Å²) >= 11 is 4.81. The van der Waals surface area contributed by atoms with Gasteiger partial charge in [0, 0.05) is 28.0 Å². The number of nitrogens with one attached hydrogen (secondary N) is 1. The molecule has 1 atom stereocenters. The van der Waals surface area contributed by atoms with Crippen LogP contribution in [0.2, 0.25) is 0 Å². The molecule has 0 aromatic carbocycles. The molecule has 0 bridgehead atoms. The normalized spacial score (nSPS) is 12.9. The minimum absolute atomic E-state index is 0.124. The molecule has 1 N–H and O–H groups in total. The van der Waals surface area contributed by atoms with Gasteiger partial charge in [-0.1, -0.05) is 6.07 Å². The summed E-state index contributed by atoms with van der Waals surface area (Å²) in [5.41, 5.74) is 1.19. The monoisotopic (exact) mass is 564 g/mol. The van der Waals surface area contributed by atoms with E-state index >= 15 is 0 Å². The molecule has 3 aromatic heterocycles. The number of thioether (sulfide) groups is 1. The molecule has 3 aromatic rings. The second-order valence-corrected chi connectivity index (χ2v) is 13.8. The molecule has 202 valence electrons. The van der Waals surface area contributed by atoms with Crippen molar-refractivity contribution in [3.8, 4) is 0 Å². The van der Waals surface area contributed by atoms with Crippen LogP contribution in [0.5, 0.6) is 0 Å². The van der Waals surface area contributed by atoms with Crippen molar-refractivity contribution in [2.24, 2.45) is 0 Å². The Balaban J connectivity index is 1.96. The molecule has 3 heterocycles. The van der Waals surface area contributed by atoms with E-state index in [0.717, 1.165) is 31.3 Å². The fourth-order valence-corrected chi connectivity index (χ4v) is 6.24. The number of thiophene rings is 2. The van der Waals surface area contributed by atoms with Crippen molar-refractivity contribution in [1.82, 2.24) is 15.5 Å². The minimum atomic E-state index is -0.640. The van der Waals surface area contributed by atoms with Crippen LogP contribution in [0.25, 0.3) is 10.2 Å². The Bertz CT molecular complexity index is 1210. The second-order valence-electron chi connectivity index (χ2n) is 10.7. The van der Waals surface area contributed by atoms with E-state index in [1.54, 1.807) is 45.5 Å². The first-order valence-corrected chi connectivity index (χ1v) is 15.1. The third kappa shape index (κ3) is 8.31. The molecule has 37 heavy (non-hydrogen) atoms. The SMILES string of the molecule is CSCC(Cc1sc2c(N(Cc3cccs3)C(=O)OC(C)(C)C)cnnc2c1C)NC(=O)OC(C)(C)C. The van der Waals surface area contributed by atoms with Crippen molar-refractivity contribution in [1.29, 1.82) is 0 Å². The maximum Gasteiger partial charge on any atom is 0.415 e. The first kappa shape index (κ1) is 29.2. The van der Waals surface area contributed by atoms with Crippen molar-refractivity contribution < 1.29 is 19.1 Å². The van der Waals surface area contributed by atoms with Gasteiger partial charge in [-0.2, -0.15) is 16.9 Å². The van der Waals surface area contributed by atoms with Crippen LogP contribution in [-0.2, 0) is 22.4 Å². The van der Waals surface area contributed by atoms with E-state index < -0.39 is 23.4 Å². The zero-order chi connectivity index (χ0) is 27.4. The van der Waals surface area contributed by atoms with Gasteiger partial charge in [0.05, 0.1) is 23.1 Å². The smallest absolute Gasteiger partial charge is 0.415 e. The lowest BCUT2D eigenvalue weighted by atomic mass is 10.1. The van der Waals surface area contributed by atoms with E-state index in [-0.39, 0.29) is 6.04 Å². The average molecular weight is 565 g/mol. The number of rotatable bonds is 8. The van der Waals surface area contributed by atoms with Gasteiger partial charge in [0.1, 0.15) is 16.7 Å². The molecule has 3 rings (SSSR count). The zero-order valence-electron chi connectivity index (χ0n) is 22.7. The van der Waals surface area contributed by atoms with Crippen LogP contribution in [-0.4, -0.2) is 51.6 Å². The molecule has 11 heteroatoms. The summed E-state index contributed by atoms with van der Waals surface area (Å²) in [6.45, 7) is 13.5. The van der Waals surface area contributed by atoms with Gasteiger partial charge in [0.25, 0.3) is 0 Å². The van der Waals surface area contributed by atoms with E-state index in [4.69, 9.17) is 9.47 Å². The van der Waals surface area contributed by atoms with Crippen molar-refractivity contribution in [2.75, 3.05) is 16.9 Å². The molecular formula is C26H36N4O4S3. The van der Waals surface area contributed by atoms with Crippen LogP contribution >= 0.6 is 34.4 Å². The number of amides is 2.